The smallest absolute Gasteiger partial charge is 0.0302 e. The zero-order valence-electron chi connectivity index (χ0n) is 75.0. The molecule has 0 heteroatoms. The molecule has 0 nitrogen and oxygen atoms in total. The Morgan fingerprint density at radius 3 is 0.409 bits per heavy atom. The van der Waals surface area contributed by atoms with Crippen molar-refractivity contribution in [2.45, 2.75) is 344 Å². The van der Waals surface area contributed by atoms with Gasteiger partial charge in [0.1, 0.15) is 0 Å². The van der Waals surface area contributed by atoms with Crippen LogP contribution in [0, 0.1) is 89.5 Å². The van der Waals surface area contributed by atoms with Gasteiger partial charge in [-0.2, -0.15) is 0 Å². The molecule has 0 bridgehead atoms. The van der Waals surface area contributed by atoms with Crippen LogP contribution in [0.5, 0.6) is 0 Å². The van der Waals surface area contributed by atoms with Gasteiger partial charge in [0.25, 0.3) is 0 Å². The molecule has 0 saturated carbocycles. The van der Waals surface area contributed by atoms with Crippen molar-refractivity contribution in [1.82, 2.24) is 0 Å². The van der Waals surface area contributed by atoms with E-state index in [0.29, 0.717) is 10.8 Å². The van der Waals surface area contributed by atoms with Gasteiger partial charge >= 0.3 is 0 Å². The molecule has 0 atom stereocenters. The summed E-state index contributed by atoms with van der Waals surface area (Å²) in [5.41, 5.74) is -0.990. The summed E-state index contributed by atoms with van der Waals surface area (Å²) in [6, 6.07) is 0. The average molecular weight is 966 g/mol. The minimum absolute atomic E-state index is 0.104. The lowest BCUT2D eigenvalue weighted by atomic mass is 9.71. The Labute approximate surface area is 460 Å². The summed E-state index contributed by atoms with van der Waals surface area (Å²) in [6.07, 6.45) is -4.92. The minimum Gasteiger partial charge on any atom is -0.0651 e. The zero-order chi connectivity index (χ0) is 75.0. The fourth-order valence-corrected chi connectivity index (χ4v) is 0. The lowest BCUT2D eigenvalue weighted by Gasteiger charge is -2.34. The van der Waals surface area contributed by atoms with E-state index in [0.717, 1.165) is 0 Å². The van der Waals surface area contributed by atoms with Crippen LogP contribution < -0.4 is 0 Å². The molecule has 0 N–H and O–H groups in total. The van der Waals surface area contributed by atoms with Gasteiger partial charge in [-0.1, -0.05) is 344 Å². The molecule has 66 heavy (non-hydrogen) atoms. The molecule has 0 heterocycles. The maximum atomic E-state index is 7.58. The molecule has 0 fully saturated rings. The van der Waals surface area contributed by atoms with Crippen molar-refractivity contribution in [3.63, 3.8) is 0 Å². The molecular formula is C66H152. The van der Waals surface area contributed by atoms with Crippen LogP contribution in [0.4, 0.5) is 0 Å². The normalized spacial score (nSPS) is 19.2. The monoisotopic (exact) mass is 965 g/mol. The van der Waals surface area contributed by atoms with E-state index in [-0.39, 0.29) is 44.3 Å². The van der Waals surface area contributed by atoms with E-state index >= 15 is 0 Å². The van der Waals surface area contributed by atoms with Crippen molar-refractivity contribution in [1.29, 1.82) is 0 Å². The first kappa shape index (κ1) is 48.3. The van der Waals surface area contributed by atoms with Gasteiger partial charge in [-0.3, -0.25) is 0 Å². The second-order valence-corrected chi connectivity index (χ2v) is 28.2. The number of rotatable bonds is 3. The quantitative estimate of drug-likeness (QED) is 0.264. The van der Waals surface area contributed by atoms with Crippen molar-refractivity contribution < 1.29 is 27.4 Å². The van der Waals surface area contributed by atoms with Crippen LogP contribution in [0.3, 0.4) is 0 Å². The van der Waals surface area contributed by atoms with Crippen LogP contribution in [0.2, 0.25) is 0 Å². The van der Waals surface area contributed by atoms with Gasteiger partial charge in [-0.05, 0) is 89.5 Å². The van der Waals surface area contributed by atoms with Gasteiger partial charge in [0.15, 0.2) is 0 Å². The number of hydrogen-bond donors (Lipinski definition) is 0. The summed E-state index contributed by atoms with van der Waals surface area (Å²) < 4.78 is 146. The summed E-state index contributed by atoms with van der Waals surface area (Å²) in [7, 11) is 0. The molecule has 0 aromatic carbocycles. The molecule has 0 spiro atoms. The minimum atomic E-state index is -1.87. The van der Waals surface area contributed by atoms with Crippen LogP contribution in [0.15, 0.2) is 0 Å². The zero-order valence-corrected chi connectivity index (χ0v) is 55.0. The highest BCUT2D eigenvalue weighted by atomic mass is 14.3. The predicted molar refractivity (Wildman–Crippen MR) is 325 cm³/mol. The van der Waals surface area contributed by atoms with E-state index in [1.807, 2.05) is 111 Å². The van der Waals surface area contributed by atoms with Crippen LogP contribution in [0.25, 0.3) is 0 Å². The maximum absolute atomic E-state index is 7.58. The van der Waals surface area contributed by atoms with E-state index in [4.69, 9.17) is 27.4 Å². The van der Waals surface area contributed by atoms with Crippen molar-refractivity contribution in [2.24, 2.45) is 89.5 Å². The predicted octanol–water partition coefficient (Wildman–Crippen LogP) is 25.9. The SMILES string of the molecule is CC(C)(C)C(C)(C)C.[2H]C(C)(C)C(C)(C)C.[2H]C(C)(C)C(C)(C)C.[2H]C(C)(C)C([2H])(C)C.[2H]C([2H])(C)C(C)(C)C.[2H]C([2H])(C)C(C)(C)C.[2H]C([2H])(C)C([2H])(C)C.[2H]C([2H])(C)C([2H])(C)C.[2H]C([2H])([2H])C(C)(C)C(C)(C)C.[2H]C([2H])([2H])C(C)(C)C(C)(C)C. The van der Waals surface area contributed by atoms with Gasteiger partial charge in [0.05, 0.1) is 0 Å². The second kappa shape index (κ2) is 39.6. The van der Waals surface area contributed by atoms with Crippen molar-refractivity contribution >= 4 is 0 Å². The van der Waals surface area contributed by atoms with E-state index in [1.165, 1.54) is 13.8 Å². The summed E-state index contributed by atoms with van der Waals surface area (Å²) in [5.74, 6) is -3.88. The van der Waals surface area contributed by atoms with Gasteiger partial charge < -0.3 is 0 Å². The summed E-state index contributed by atoms with van der Waals surface area (Å²) >= 11 is 0. The van der Waals surface area contributed by atoms with Crippen LogP contribution in [-0.2, 0) is 0 Å². The van der Waals surface area contributed by atoms with Gasteiger partial charge in [-0.15, -0.1) is 0 Å². The maximum Gasteiger partial charge on any atom is 0.0302 e. The van der Waals surface area contributed by atoms with E-state index in [2.05, 4.69) is 83.1 Å². The highest BCUT2D eigenvalue weighted by Gasteiger charge is 2.28. The molecule has 0 unspecified atom stereocenters. The molecule has 0 aliphatic carbocycles. The van der Waals surface area contributed by atoms with Crippen molar-refractivity contribution in [2.75, 3.05) is 0 Å². The van der Waals surface area contributed by atoms with Gasteiger partial charge in [0.2, 0.25) is 0 Å². The lowest BCUT2D eigenvalue weighted by Crippen LogP contribution is -2.25. The molecule has 0 aromatic heterocycles. The third-order valence-corrected chi connectivity index (χ3v) is 12.5. The Kier molecular flexibility index (Phi) is 29.0. The second-order valence-electron chi connectivity index (χ2n) is 28.2. The molecule has 0 aromatic rings. The van der Waals surface area contributed by atoms with Crippen LogP contribution in [0.1, 0.15) is 371 Å². The Morgan fingerprint density at radius 1 is 0.303 bits per heavy atom. The first-order chi connectivity index (χ1) is 35.0. The Morgan fingerprint density at radius 2 is 0.409 bits per heavy atom. The van der Waals surface area contributed by atoms with E-state index < -0.39 is 73.6 Å². The summed E-state index contributed by atoms with van der Waals surface area (Å²) in [4.78, 5) is 0. The molecule has 0 saturated heterocycles. The molecule has 0 aliphatic rings. The first-order valence-electron chi connectivity index (χ1n) is 35.0. The van der Waals surface area contributed by atoms with E-state index in [1.54, 1.807) is 96.9 Å². The Bertz CT molecular complexity index is 1280. The van der Waals surface area contributed by atoms with Gasteiger partial charge in [0, 0.05) is 27.4 Å². The fraction of sp³-hybridized carbons (Fsp3) is 1.00. The molecule has 0 aliphatic heterocycles. The lowest BCUT2D eigenvalue weighted by molar-refractivity contribution is 0.157. The molecule has 0 amide bonds. The Balaban J connectivity index is -0.0000000935. The van der Waals surface area contributed by atoms with Gasteiger partial charge in [-0.25, -0.2) is 0 Å². The standard InChI is InChI=1S/3C8H18.2C7H16.3C6H14.2C5H12/c3*1-7(2,3)8(4,5)6;2*1-6(2)7(3,4)5;2*1-5-6(2,3)4;1-5(2)6(3)4;2*1-4-5(2)3/h3*1-6H3;2*6H,1-5H3;2*5H2,1-4H3;5-6H,1-4H3;2*5H,4H2,1-3H3/i2*1D3;;2*6D;2*5D2;5D,6D;2*4D2,5D. The van der Waals surface area contributed by atoms with Crippen molar-refractivity contribution in [3.05, 3.63) is 0 Å². The molecule has 416 valence electrons. The molecular weight excluding hydrogens is 793 g/mol. The highest BCUT2D eigenvalue weighted by Crippen LogP contribution is 2.38. The average Bonchev–Trinajstić information content (AvgIpc) is 3.05. The first-order valence-corrected chi connectivity index (χ1v) is 25.0. The third kappa shape index (κ3) is 90.4. The summed E-state index contributed by atoms with van der Waals surface area (Å²) in [5, 5.41) is 0. The van der Waals surface area contributed by atoms with Crippen LogP contribution in [-0.4, -0.2) is 0 Å². The number of hydrogen-bond acceptors (Lipinski definition) is 0. The fourth-order valence-electron chi connectivity index (χ4n) is 0. The topological polar surface area (TPSA) is 0 Å². The highest BCUT2D eigenvalue weighted by molar-refractivity contribution is 4.78. The molecule has 0 radical (unpaired) electrons. The van der Waals surface area contributed by atoms with Crippen LogP contribution >= 0.6 is 0 Å². The van der Waals surface area contributed by atoms with Crippen molar-refractivity contribution in [3.8, 4) is 0 Å². The summed E-state index contributed by atoms with van der Waals surface area (Å²) in [6.45, 7) is 79.7. The Hall–Kier alpha value is 0. The third-order valence-electron chi connectivity index (χ3n) is 12.5. The molecule has 0 rings (SSSR count). The van der Waals surface area contributed by atoms with E-state index in [9.17, 15) is 0 Å². The largest absolute Gasteiger partial charge is 0.0651 e.